The van der Waals surface area contributed by atoms with E-state index in [-0.39, 0.29) is 24.0 Å². The summed E-state index contributed by atoms with van der Waals surface area (Å²) in [5.41, 5.74) is 0.204. The van der Waals surface area contributed by atoms with Crippen molar-refractivity contribution in [3.63, 3.8) is 0 Å². The van der Waals surface area contributed by atoms with Crippen LogP contribution in [0.15, 0.2) is 24.3 Å². The second-order valence-corrected chi connectivity index (χ2v) is 6.73. The Bertz CT molecular complexity index is 522. The van der Waals surface area contributed by atoms with Crippen molar-refractivity contribution in [1.82, 2.24) is 10.2 Å². The van der Waals surface area contributed by atoms with Crippen LogP contribution >= 0.6 is 0 Å². The Morgan fingerprint density at radius 1 is 1.41 bits per heavy atom. The number of nitrogens with one attached hydrogen (secondary N) is 1. The van der Waals surface area contributed by atoms with Crippen molar-refractivity contribution in [3.8, 4) is 0 Å². The molecule has 122 valence electrons. The topological polar surface area (TPSA) is 41.6 Å². The molecule has 0 spiro atoms. The predicted octanol–water partition coefficient (Wildman–Crippen LogP) is 3.49. The van der Waals surface area contributed by atoms with Crippen molar-refractivity contribution in [2.45, 2.75) is 51.8 Å². The van der Waals surface area contributed by atoms with Crippen molar-refractivity contribution >= 4 is 6.09 Å². The van der Waals surface area contributed by atoms with Gasteiger partial charge in [0, 0.05) is 30.7 Å². The summed E-state index contributed by atoms with van der Waals surface area (Å²) in [6, 6.07) is 6.97. The van der Waals surface area contributed by atoms with Gasteiger partial charge in [-0.3, -0.25) is 0 Å². The summed E-state index contributed by atoms with van der Waals surface area (Å²) in [5, 5.41) is 3.42. The van der Waals surface area contributed by atoms with Crippen LogP contribution in [0.3, 0.4) is 0 Å². The van der Waals surface area contributed by atoms with E-state index in [1.54, 1.807) is 17.0 Å². The molecule has 22 heavy (non-hydrogen) atoms. The molecule has 1 aromatic carbocycles. The van der Waals surface area contributed by atoms with Gasteiger partial charge in [0.25, 0.3) is 0 Å². The van der Waals surface area contributed by atoms with E-state index in [2.05, 4.69) is 5.32 Å². The number of carbonyl (C=O) groups excluding carboxylic acids is 1. The van der Waals surface area contributed by atoms with Crippen LogP contribution in [0.2, 0.25) is 0 Å². The van der Waals surface area contributed by atoms with Crippen molar-refractivity contribution in [2.75, 3.05) is 13.1 Å². The predicted molar refractivity (Wildman–Crippen MR) is 84.2 cm³/mol. The molecule has 2 rings (SSSR count). The Kier molecular flexibility index (Phi) is 5.06. The SMILES string of the molecule is CCC(NC1CN(C(=O)OC(C)(C)C)C1)c1ccccc1F. The maximum Gasteiger partial charge on any atom is 0.410 e. The average Bonchev–Trinajstić information content (AvgIpc) is 2.36. The van der Waals surface area contributed by atoms with Gasteiger partial charge in [0.05, 0.1) is 0 Å². The molecule has 0 bridgehead atoms. The molecule has 1 fully saturated rings. The standard InChI is InChI=1S/C17H25FN2O2/c1-5-15(13-8-6-7-9-14(13)18)19-12-10-20(11-12)16(21)22-17(2,3)4/h6-9,12,15,19H,5,10-11H2,1-4H3. The van der Waals surface area contributed by atoms with Gasteiger partial charge < -0.3 is 15.0 Å². The number of amides is 1. The molecule has 4 nitrogen and oxygen atoms in total. The highest BCUT2D eigenvalue weighted by atomic mass is 19.1. The van der Waals surface area contributed by atoms with Crippen LogP contribution < -0.4 is 5.32 Å². The fraction of sp³-hybridized carbons (Fsp3) is 0.588. The Morgan fingerprint density at radius 2 is 2.05 bits per heavy atom. The normalized spacial score (nSPS) is 17.0. The van der Waals surface area contributed by atoms with Gasteiger partial charge in [-0.2, -0.15) is 0 Å². The number of nitrogens with zero attached hydrogens (tertiary/aromatic N) is 1. The Hall–Kier alpha value is -1.62. The Labute approximate surface area is 131 Å². The second-order valence-electron chi connectivity index (χ2n) is 6.73. The molecule has 0 saturated carbocycles. The van der Waals surface area contributed by atoms with E-state index in [0.717, 1.165) is 6.42 Å². The molecule has 5 heteroatoms. The third-order valence-electron chi connectivity index (χ3n) is 3.66. The van der Waals surface area contributed by atoms with Crippen molar-refractivity contribution in [3.05, 3.63) is 35.6 Å². The maximum atomic E-state index is 13.9. The molecular weight excluding hydrogens is 283 g/mol. The molecule has 1 N–H and O–H groups in total. The quantitative estimate of drug-likeness (QED) is 0.926. The van der Waals surface area contributed by atoms with E-state index in [4.69, 9.17) is 4.74 Å². The zero-order valence-corrected chi connectivity index (χ0v) is 13.7. The third-order valence-corrected chi connectivity index (χ3v) is 3.66. The van der Waals surface area contributed by atoms with Crippen LogP contribution in [0.1, 0.15) is 45.7 Å². The number of benzene rings is 1. The van der Waals surface area contributed by atoms with Crippen molar-refractivity contribution in [2.24, 2.45) is 0 Å². The molecule has 1 atom stereocenters. The molecule has 1 aliphatic heterocycles. The molecule has 1 aromatic rings. The van der Waals surface area contributed by atoms with Gasteiger partial charge in [-0.05, 0) is 33.3 Å². The van der Waals surface area contributed by atoms with Gasteiger partial charge in [0.2, 0.25) is 0 Å². The molecule has 1 amide bonds. The van der Waals surface area contributed by atoms with Crippen molar-refractivity contribution in [1.29, 1.82) is 0 Å². The third kappa shape index (κ3) is 4.19. The first kappa shape index (κ1) is 16.7. The van der Waals surface area contributed by atoms with Crippen LogP contribution in [0.25, 0.3) is 0 Å². The summed E-state index contributed by atoms with van der Waals surface area (Å²) in [5.74, 6) is -0.190. The van der Waals surface area contributed by atoms with Gasteiger partial charge >= 0.3 is 6.09 Å². The van der Waals surface area contributed by atoms with Crippen LogP contribution in [0, 0.1) is 5.82 Å². The first-order chi connectivity index (χ1) is 10.3. The maximum absolute atomic E-state index is 13.9. The van der Waals surface area contributed by atoms with Gasteiger partial charge in [-0.25, -0.2) is 9.18 Å². The minimum atomic E-state index is -0.477. The summed E-state index contributed by atoms with van der Waals surface area (Å²) >= 11 is 0. The number of hydrogen-bond donors (Lipinski definition) is 1. The molecule has 0 aromatic heterocycles. The summed E-state index contributed by atoms with van der Waals surface area (Å²) in [4.78, 5) is 13.5. The average molecular weight is 308 g/mol. The van der Waals surface area contributed by atoms with E-state index in [1.165, 1.54) is 6.07 Å². The van der Waals surface area contributed by atoms with E-state index in [1.807, 2.05) is 33.8 Å². The highest BCUT2D eigenvalue weighted by Gasteiger charge is 2.34. The zero-order chi connectivity index (χ0) is 16.3. The largest absolute Gasteiger partial charge is 0.444 e. The fourth-order valence-electron chi connectivity index (χ4n) is 2.53. The van der Waals surface area contributed by atoms with E-state index in [0.29, 0.717) is 18.7 Å². The molecule has 1 unspecified atom stereocenters. The van der Waals surface area contributed by atoms with Crippen LogP contribution in [-0.2, 0) is 4.74 Å². The lowest BCUT2D eigenvalue weighted by atomic mass is 10.0. The van der Waals surface area contributed by atoms with Crippen molar-refractivity contribution < 1.29 is 13.9 Å². The first-order valence-electron chi connectivity index (χ1n) is 7.78. The fourth-order valence-corrected chi connectivity index (χ4v) is 2.53. The minimum Gasteiger partial charge on any atom is -0.444 e. The number of ether oxygens (including phenoxy) is 1. The molecule has 0 aliphatic carbocycles. The zero-order valence-electron chi connectivity index (χ0n) is 13.7. The lowest BCUT2D eigenvalue weighted by Gasteiger charge is -2.41. The van der Waals surface area contributed by atoms with E-state index in [9.17, 15) is 9.18 Å². The molecule has 1 heterocycles. The summed E-state index contributed by atoms with van der Waals surface area (Å²) in [6.07, 6.45) is 0.508. The second kappa shape index (κ2) is 6.65. The van der Waals surface area contributed by atoms with Gasteiger partial charge in [-0.15, -0.1) is 0 Å². The van der Waals surface area contributed by atoms with Gasteiger partial charge in [0.1, 0.15) is 11.4 Å². The Balaban J connectivity index is 1.86. The van der Waals surface area contributed by atoms with Crippen LogP contribution in [0.5, 0.6) is 0 Å². The van der Waals surface area contributed by atoms with E-state index < -0.39 is 5.60 Å². The Morgan fingerprint density at radius 3 is 2.59 bits per heavy atom. The lowest BCUT2D eigenvalue weighted by Crippen LogP contribution is -2.61. The first-order valence-corrected chi connectivity index (χ1v) is 7.78. The minimum absolute atomic E-state index is 0.0352. The molecule has 1 saturated heterocycles. The summed E-state index contributed by atoms with van der Waals surface area (Å²) in [7, 11) is 0. The van der Waals surface area contributed by atoms with Gasteiger partial charge in [0.15, 0.2) is 0 Å². The number of rotatable bonds is 4. The molecule has 0 radical (unpaired) electrons. The highest BCUT2D eigenvalue weighted by Crippen LogP contribution is 2.23. The monoisotopic (exact) mass is 308 g/mol. The summed E-state index contributed by atoms with van der Waals surface area (Å²) in [6.45, 7) is 8.78. The number of hydrogen-bond acceptors (Lipinski definition) is 3. The van der Waals surface area contributed by atoms with Crippen LogP contribution in [-0.4, -0.2) is 35.7 Å². The van der Waals surface area contributed by atoms with Gasteiger partial charge in [-0.1, -0.05) is 25.1 Å². The number of carbonyl (C=O) groups is 1. The summed E-state index contributed by atoms with van der Waals surface area (Å²) < 4.78 is 19.2. The smallest absolute Gasteiger partial charge is 0.410 e. The molecule has 1 aliphatic rings. The molecular formula is C17H25FN2O2. The highest BCUT2D eigenvalue weighted by molar-refractivity contribution is 5.69. The number of halogens is 1. The number of likely N-dealkylation sites (tertiary alicyclic amines) is 1. The lowest BCUT2D eigenvalue weighted by molar-refractivity contribution is 0.00403. The van der Waals surface area contributed by atoms with E-state index >= 15 is 0 Å². The van der Waals surface area contributed by atoms with Crippen LogP contribution in [0.4, 0.5) is 9.18 Å².